The van der Waals surface area contributed by atoms with Crippen molar-refractivity contribution in [1.82, 2.24) is 9.94 Å². The number of para-hydroxylation sites is 1. The quantitative estimate of drug-likeness (QED) is 0.616. The third kappa shape index (κ3) is 2.50. The van der Waals surface area contributed by atoms with E-state index in [2.05, 4.69) is 21.0 Å². The van der Waals surface area contributed by atoms with E-state index >= 15 is 0 Å². The molecule has 1 aromatic carbocycles. The lowest BCUT2D eigenvalue weighted by molar-refractivity contribution is 0.0899. The molecule has 1 aromatic heterocycles. The van der Waals surface area contributed by atoms with Crippen LogP contribution in [0.2, 0.25) is 0 Å². The fourth-order valence-corrected chi connectivity index (χ4v) is 1.79. The molecule has 3 nitrogen and oxygen atoms in total. The fraction of sp³-hybridized carbons (Fsp3) is 0.364. The molecular formula is C11H13BrN2O. The molecule has 0 atom stereocenters. The fourth-order valence-electron chi connectivity index (χ4n) is 1.40. The molecule has 0 unspecified atom stereocenters. The number of halogens is 1. The van der Waals surface area contributed by atoms with Crippen LogP contribution in [0.5, 0.6) is 0 Å². The maximum Gasteiger partial charge on any atom is 0.117 e. The van der Waals surface area contributed by atoms with Crippen LogP contribution in [0.1, 0.15) is 12.8 Å². The topological polar surface area (TPSA) is 27.1 Å². The molecule has 0 aliphatic carbocycles. The predicted octanol–water partition coefficient (Wildman–Crippen LogP) is 2.64. The highest BCUT2D eigenvalue weighted by Crippen LogP contribution is 2.11. The molecule has 0 aliphatic heterocycles. The predicted molar refractivity (Wildman–Crippen MR) is 64.2 cm³/mol. The number of rotatable bonds is 5. The first-order chi connectivity index (χ1) is 7.42. The van der Waals surface area contributed by atoms with E-state index in [1.54, 1.807) is 4.85 Å². The average Bonchev–Trinajstić information content (AvgIpc) is 2.68. The Kier molecular flexibility index (Phi) is 3.61. The summed E-state index contributed by atoms with van der Waals surface area (Å²) in [5.41, 5.74) is 1.02. The maximum absolute atomic E-state index is 5.55. The summed E-state index contributed by atoms with van der Waals surface area (Å²) < 4.78 is 0. The molecule has 0 aliphatic rings. The van der Waals surface area contributed by atoms with Crippen molar-refractivity contribution in [2.75, 3.05) is 11.9 Å². The van der Waals surface area contributed by atoms with Gasteiger partial charge < -0.3 is 4.84 Å². The van der Waals surface area contributed by atoms with Gasteiger partial charge in [0.2, 0.25) is 0 Å². The van der Waals surface area contributed by atoms with Gasteiger partial charge in [0, 0.05) is 10.7 Å². The number of fused-ring (bicyclic) bond motifs is 1. The van der Waals surface area contributed by atoms with Crippen LogP contribution in [-0.2, 0) is 0 Å². The zero-order chi connectivity index (χ0) is 10.5. The zero-order valence-corrected chi connectivity index (χ0v) is 9.98. The Morgan fingerprint density at radius 3 is 3.00 bits per heavy atom. The van der Waals surface area contributed by atoms with Crippen molar-refractivity contribution in [2.45, 2.75) is 12.8 Å². The summed E-state index contributed by atoms with van der Waals surface area (Å²) in [6.45, 7) is 0.706. The Morgan fingerprint density at radius 2 is 2.13 bits per heavy atom. The highest BCUT2D eigenvalue weighted by atomic mass is 79.9. The highest BCUT2D eigenvalue weighted by molar-refractivity contribution is 9.09. The monoisotopic (exact) mass is 268 g/mol. The molecule has 80 valence electrons. The Morgan fingerprint density at radius 1 is 1.27 bits per heavy atom. The Bertz CT molecular complexity index is 427. The SMILES string of the molecule is BrCCCCOn1ncc2ccccc21. The van der Waals surface area contributed by atoms with Crippen molar-refractivity contribution in [3.8, 4) is 0 Å². The Labute approximate surface area is 97.1 Å². The standard InChI is InChI=1S/C11H13BrN2O/c12-7-3-4-8-15-14-11-6-2-1-5-10(11)9-13-14/h1-2,5-6,9H,3-4,7-8H2. The van der Waals surface area contributed by atoms with E-state index in [1.165, 1.54) is 0 Å². The minimum atomic E-state index is 0.706. The van der Waals surface area contributed by atoms with Crippen LogP contribution in [-0.4, -0.2) is 21.9 Å². The molecule has 0 bridgehead atoms. The van der Waals surface area contributed by atoms with Crippen molar-refractivity contribution in [1.29, 1.82) is 0 Å². The number of benzene rings is 1. The van der Waals surface area contributed by atoms with Crippen LogP contribution < -0.4 is 4.84 Å². The molecule has 0 fully saturated rings. The molecule has 0 saturated carbocycles. The number of unbranched alkanes of at least 4 members (excludes halogenated alkanes) is 1. The van der Waals surface area contributed by atoms with E-state index in [0.717, 1.165) is 29.1 Å². The third-order valence-corrected chi connectivity index (χ3v) is 2.75. The van der Waals surface area contributed by atoms with Gasteiger partial charge in [0.05, 0.1) is 6.20 Å². The minimum absolute atomic E-state index is 0.706. The smallest absolute Gasteiger partial charge is 0.117 e. The number of alkyl halides is 1. The van der Waals surface area contributed by atoms with E-state index in [9.17, 15) is 0 Å². The lowest BCUT2D eigenvalue weighted by Gasteiger charge is -2.05. The molecule has 1 heterocycles. The molecule has 4 heteroatoms. The summed E-state index contributed by atoms with van der Waals surface area (Å²) in [5, 5.41) is 6.31. The van der Waals surface area contributed by atoms with Crippen LogP contribution >= 0.6 is 15.9 Å². The first-order valence-electron chi connectivity index (χ1n) is 5.04. The van der Waals surface area contributed by atoms with E-state index in [4.69, 9.17) is 4.84 Å². The Hall–Kier alpha value is -1.03. The lowest BCUT2D eigenvalue weighted by Crippen LogP contribution is -2.13. The third-order valence-electron chi connectivity index (χ3n) is 2.19. The molecule has 0 amide bonds. The number of hydrogen-bond acceptors (Lipinski definition) is 2. The summed E-state index contributed by atoms with van der Waals surface area (Å²) in [6, 6.07) is 8.02. The van der Waals surface area contributed by atoms with Gasteiger partial charge in [0.25, 0.3) is 0 Å². The molecule has 2 rings (SSSR count). The van der Waals surface area contributed by atoms with Crippen LogP contribution in [0.15, 0.2) is 30.5 Å². The molecule has 0 spiro atoms. The molecule has 2 aromatic rings. The first-order valence-corrected chi connectivity index (χ1v) is 6.16. The largest absolute Gasteiger partial charge is 0.396 e. The van der Waals surface area contributed by atoms with Crippen LogP contribution in [0.25, 0.3) is 10.9 Å². The van der Waals surface area contributed by atoms with Gasteiger partial charge in [0.15, 0.2) is 0 Å². The van der Waals surface area contributed by atoms with E-state index in [-0.39, 0.29) is 0 Å². The van der Waals surface area contributed by atoms with Gasteiger partial charge in [-0.2, -0.15) is 0 Å². The van der Waals surface area contributed by atoms with Gasteiger partial charge in [-0.05, 0) is 18.9 Å². The summed E-state index contributed by atoms with van der Waals surface area (Å²) in [6.07, 6.45) is 3.98. The van der Waals surface area contributed by atoms with Crippen molar-refractivity contribution in [3.63, 3.8) is 0 Å². The number of aromatic nitrogens is 2. The normalized spacial score (nSPS) is 10.7. The summed E-state index contributed by atoms with van der Waals surface area (Å²) in [4.78, 5) is 7.15. The minimum Gasteiger partial charge on any atom is -0.396 e. The van der Waals surface area contributed by atoms with E-state index in [0.29, 0.717) is 6.61 Å². The number of nitrogens with zero attached hydrogens (tertiary/aromatic N) is 2. The van der Waals surface area contributed by atoms with Gasteiger partial charge in [-0.25, -0.2) is 0 Å². The van der Waals surface area contributed by atoms with Crippen molar-refractivity contribution in [3.05, 3.63) is 30.5 Å². The highest BCUT2D eigenvalue weighted by Gasteiger charge is 2.00. The lowest BCUT2D eigenvalue weighted by atomic mass is 10.3. The van der Waals surface area contributed by atoms with Gasteiger partial charge in [-0.15, -0.1) is 5.10 Å². The first kappa shape index (κ1) is 10.5. The van der Waals surface area contributed by atoms with E-state index in [1.807, 2.05) is 30.5 Å². The molecule has 15 heavy (non-hydrogen) atoms. The van der Waals surface area contributed by atoms with Crippen LogP contribution in [0, 0.1) is 0 Å². The van der Waals surface area contributed by atoms with Crippen LogP contribution in [0.3, 0.4) is 0 Å². The van der Waals surface area contributed by atoms with Gasteiger partial charge >= 0.3 is 0 Å². The average molecular weight is 269 g/mol. The zero-order valence-electron chi connectivity index (χ0n) is 8.40. The molecule has 0 radical (unpaired) electrons. The van der Waals surface area contributed by atoms with Gasteiger partial charge in [-0.3, -0.25) is 0 Å². The second kappa shape index (κ2) is 5.16. The second-order valence-electron chi connectivity index (χ2n) is 3.31. The van der Waals surface area contributed by atoms with Crippen molar-refractivity contribution < 1.29 is 4.84 Å². The van der Waals surface area contributed by atoms with Gasteiger partial charge in [0.1, 0.15) is 12.1 Å². The molecule has 0 saturated heterocycles. The molecular weight excluding hydrogens is 256 g/mol. The maximum atomic E-state index is 5.55. The van der Waals surface area contributed by atoms with Crippen LogP contribution in [0.4, 0.5) is 0 Å². The summed E-state index contributed by atoms with van der Waals surface area (Å²) in [7, 11) is 0. The van der Waals surface area contributed by atoms with E-state index < -0.39 is 0 Å². The summed E-state index contributed by atoms with van der Waals surface area (Å²) >= 11 is 3.39. The molecule has 0 N–H and O–H groups in total. The second-order valence-corrected chi connectivity index (χ2v) is 4.10. The van der Waals surface area contributed by atoms with Crippen molar-refractivity contribution >= 4 is 26.8 Å². The van der Waals surface area contributed by atoms with Crippen molar-refractivity contribution in [2.24, 2.45) is 0 Å². The Balaban J connectivity index is 2.02. The number of hydrogen-bond donors (Lipinski definition) is 0. The summed E-state index contributed by atoms with van der Waals surface area (Å²) in [5.74, 6) is 0. The van der Waals surface area contributed by atoms with Gasteiger partial charge in [-0.1, -0.05) is 39.0 Å².